The minimum atomic E-state index is -3.65. The Labute approximate surface area is 226 Å². The molecule has 1 aromatic carbocycles. The van der Waals surface area contributed by atoms with Crippen LogP contribution in [0.1, 0.15) is 35.8 Å². The van der Waals surface area contributed by atoms with E-state index in [0.717, 1.165) is 24.8 Å². The molecular formula is C25H20ClFN6O5S. The van der Waals surface area contributed by atoms with Gasteiger partial charge in [-0.2, -0.15) is 23.5 Å². The number of fused-ring (bicyclic) bond motifs is 1. The summed E-state index contributed by atoms with van der Waals surface area (Å²) in [5, 5.41) is 4.45. The first-order valence-electron chi connectivity index (χ1n) is 11.8. The first-order chi connectivity index (χ1) is 18.6. The molecule has 11 nitrogen and oxygen atoms in total. The SMILES string of the molecule is Cc1cc(COS(C)(=O)=O)nc2cc(-c3nc(-n4ccc(C5CC5)nc4=O)c(-c4ccc(Cl)c(F)c4)o3)nn12. The number of hydrogen-bond donors (Lipinski definition) is 0. The van der Waals surface area contributed by atoms with Crippen molar-refractivity contribution in [2.75, 3.05) is 6.26 Å². The van der Waals surface area contributed by atoms with Crippen LogP contribution in [0.3, 0.4) is 0 Å². The second-order valence-corrected chi connectivity index (χ2v) is 11.3. The van der Waals surface area contributed by atoms with E-state index >= 15 is 0 Å². The van der Waals surface area contributed by atoms with Crippen LogP contribution in [-0.2, 0) is 20.9 Å². The van der Waals surface area contributed by atoms with Gasteiger partial charge in [0.2, 0.25) is 5.89 Å². The van der Waals surface area contributed by atoms with E-state index in [-0.39, 0.29) is 40.7 Å². The number of nitrogens with zero attached hydrogens (tertiary/aromatic N) is 6. The van der Waals surface area contributed by atoms with Gasteiger partial charge in [-0.1, -0.05) is 11.6 Å². The third kappa shape index (κ3) is 5.07. The zero-order chi connectivity index (χ0) is 27.5. The van der Waals surface area contributed by atoms with Gasteiger partial charge in [-0.15, -0.1) is 0 Å². The van der Waals surface area contributed by atoms with Crippen LogP contribution in [0.5, 0.6) is 0 Å². The van der Waals surface area contributed by atoms with Crippen molar-refractivity contribution in [3.05, 3.63) is 81.0 Å². The average Bonchev–Trinajstić information content (AvgIpc) is 3.49. The van der Waals surface area contributed by atoms with Crippen molar-refractivity contribution in [2.24, 2.45) is 0 Å². The van der Waals surface area contributed by atoms with Crippen LogP contribution in [0.15, 0.2) is 51.8 Å². The third-order valence-electron chi connectivity index (χ3n) is 6.14. The van der Waals surface area contributed by atoms with Crippen molar-refractivity contribution in [1.29, 1.82) is 0 Å². The maximum atomic E-state index is 14.4. The van der Waals surface area contributed by atoms with Crippen LogP contribution in [0.4, 0.5) is 4.39 Å². The van der Waals surface area contributed by atoms with Crippen LogP contribution in [0, 0.1) is 12.7 Å². The molecule has 1 aliphatic carbocycles. The van der Waals surface area contributed by atoms with Crippen molar-refractivity contribution < 1.29 is 21.4 Å². The molecule has 6 rings (SSSR count). The van der Waals surface area contributed by atoms with E-state index in [2.05, 4.69) is 20.1 Å². The summed E-state index contributed by atoms with van der Waals surface area (Å²) < 4.78 is 50.8. The van der Waals surface area contributed by atoms with Gasteiger partial charge in [0.25, 0.3) is 10.1 Å². The summed E-state index contributed by atoms with van der Waals surface area (Å²) in [5.74, 6) is -0.106. The molecule has 0 bridgehead atoms. The van der Waals surface area contributed by atoms with Gasteiger partial charge in [0, 0.05) is 29.4 Å². The molecule has 0 saturated heterocycles. The summed E-state index contributed by atoms with van der Waals surface area (Å²) in [6.07, 6.45) is 4.51. The highest BCUT2D eigenvalue weighted by atomic mass is 35.5. The predicted octanol–water partition coefficient (Wildman–Crippen LogP) is 4.05. The molecule has 1 aliphatic rings. The van der Waals surface area contributed by atoms with Gasteiger partial charge >= 0.3 is 5.69 Å². The molecule has 0 radical (unpaired) electrons. The van der Waals surface area contributed by atoms with Gasteiger partial charge in [-0.25, -0.2) is 23.3 Å². The maximum Gasteiger partial charge on any atom is 0.353 e. The first-order valence-corrected chi connectivity index (χ1v) is 14.0. The van der Waals surface area contributed by atoms with Crippen LogP contribution in [-0.4, -0.2) is 43.8 Å². The monoisotopic (exact) mass is 570 g/mol. The summed E-state index contributed by atoms with van der Waals surface area (Å²) in [6, 6.07) is 9.13. The average molecular weight is 571 g/mol. The Morgan fingerprint density at radius 3 is 2.64 bits per heavy atom. The summed E-state index contributed by atoms with van der Waals surface area (Å²) in [6.45, 7) is 1.53. The van der Waals surface area contributed by atoms with Crippen molar-refractivity contribution in [3.63, 3.8) is 0 Å². The molecule has 14 heteroatoms. The summed E-state index contributed by atoms with van der Waals surface area (Å²) >= 11 is 5.88. The second kappa shape index (κ2) is 9.36. The Kier molecular flexibility index (Phi) is 6.08. The summed E-state index contributed by atoms with van der Waals surface area (Å²) in [4.78, 5) is 26.1. The molecule has 1 saturated carbocycles. The fourth-order valence-electron chi connectivity index (χ4n) is 4.13. The van der Waals surface area contributed by atoms with E-state index in [9.17, 15) is 17.6 Å². The molecule has 1 fully saturated rings. The van der Waals surface area contributed by atoms with Gasteiger partial charge in [-0.3, -0.25) is 4.18 Å². The number of benzene rings is 1. The Balaban J connectivity index is 1.47. The van der Waals surface area contributed by atoms with Crippen LogP contribution < -0.4 is 5.69 Å². The van der Waals surface area contributed by atoms with E-state index in [1.165, 1.54) is 21.2 Å². The molecule has 0 atom stereocenters. The van der Waals surface area contributed by atoms with Crippen LogP contribution >= 0.6 is 11.6 Å². The van der Waals surface area contributed by atoms with Gasteiger partial charge in [0.15, 0.2) is 22.9 Å². The molecule has 0 amide bonds. The quantitative estimate of drug-likeness (QED) is 0.265. The fraction of sp³-hybridized carbons (Fsp3) is 0.240. The summed E-state index contributed by atoms with van der Waals surface area (Å²) in [5.41, 5.74) is 2.20. The van der Waals surface area contributed by atoms with Crippen molar-refractivity contribution in [2.45, 2.75) is 32.3 Å². The van der Waals surface area contributed by atoms with Gasteiger partial charge in [0.1, 0.15) is 12.4 Å². The van der Waals surface area contributed by atoms with E-state index in [4.69, 9.17) is 20.2 Å². The molecule has 0 aliphatic heterocycles. The van der Waals surface area contributed by atoms with E-state index in [1.54, 1.807) is 37.4 Å². The Morgan fingerprint density at radius 1 is 1.15 bits per heavy atom. The zero-order valence-corrected chi connectivity index (χ0v) is 22.2. The normalized spacial score (nSPS) is 13.8. The topological polar surface area (TPSA) is 134 Å². The predicted molar refractivity (Wildman–Crippen MR) is 139 cm³/mol. The summed E-state index contributed by atoms with van der Waals surface area (Å²) in [7, 11) is -3.65. The standard InChI is InChI=1S/C25H20ClFN6O5S/c1-13-9-16(12-37-39(2,35)36)28-21-11-20(31-33(13)21)24-30-23(22(38-24)15-5-6-17(26)18(27)10-15)32-8-7-19(14-3-4-14)29-25(32)34/h5-11,14H,3-4,12H2,1-2H3. The zero-order valence-electron chi connectivity index (χ0n) is 20.6. The van der Waals surface area contributed by atoms with Crippen LogP contribution in [0.25, 0.3) is 34.4 Å². The molecule has 5 aromatic rings. The Bertz CT molecular complexity index is 1930. The van der Waals surface area contributed by atoms with Crippen molar-refractivity contribution in [3.8, 4) is 28.7 Å². The highest BCUT2D eigenvalue weighted by molar-refractivity contribution is 7.85. The molecule has 200 valence electrons. The fourth-order valence-corrected chi connectivity index (χ4v) is 4.58. The van der Waals surface area contributed by atoms with Gasteiger partial charge in [-0.05, 0) is 50.1 Å². The highest BCUT2D eigenvalue weighted by Crippen LogP contribution is 2.38. The number of rotatable bonds is 7. The van der Waals surface area contributed by atoms with E-state index < -0.39 is 21.6 Å². The minimum Gasteiger partial charge on any atom is -0.432 e. The number of aryl methyl sites for hydroxylation is 1. The number of halogens is 2. The molecule has 0 N–H and O–H groups in total. The second-order valence-electron chi connectivity index (χ2n) is 9.23. The van der Waals surface area contributed by atoms with Crippen molar-refractivity contribution in [1.82, 2.24) is 29.1 Å². The lowest BCUT2D eigenvalue weighted by Gasteiger charge is -2.05. The molecular weight excluding hydrogens is 551 g/mol. The minimum absolute atomic E-state index is 0.0485. The lowest BCUT2D eigenvalue weighted by molar-refractivity contribution is 0.307. The lowest BCUT2D eigenvalue weighted by atomic mass is 10.1. The highest BCUT2D eigenvalue weighted by Gasteiger charge is 2.27. The Hall–Kier alpha value is -3.94. The lowest BCUT2D eigenvalue weighted by Crippen LogP contribution is -2.22. The number of hydrogen-bond acceptors (Lipinski definition) is 9. The van der Waals surface area contributed by atoms with Crippen molar-refractivity contribution >= 4 is 27.4 Å². The smallest absolute Gasteiger partial charge is 0.353 e. The van der Waals surface area contributed by atoms with E-state index in [0.29, 0.717) is 22.6 Å². The number of oxazole rings is 1. The first kappa shape index (κ1) is 25.3. The molecule has 0 unspecified atom stereocenters. The molecule has 39 heavy (non-hydrogen) atoms. The largest absolute Gasteiger partial charge is 0.432 e. The van der Waals surface area contributed by atoms with E-state index in [1.807, 2.05) is 0 Å². The number of aromatic nitrogens is 6. The van der Waals surface area contributed by atoms with Gasteiger partial charge < -0.3 is 4.42 Å². The Morgan fingerprint density at radius 2 is 1.95 bits per heavy atom. The molecule has 4 heterocycles. The maximum absolute atomic E-state index is 14.4. The third-order valence-corrected chi connectivity index (χ3v) is 6.99. The molecule has 4 aromatic heterocycles. The van der Waals surface area contributed by atoms with Gasteiger partial charge in [0.05, 0.1) is 22.7 Å². The van der Waals surface area contributed by atoms with Crippen LogP contribution in [0.2, 0.25) is 5.02 Å². The molecule has 0 spiro atoms.